The SMILES string of the molecule is COc1cc(C(=O)OCC(=O)c2c(C)[nH]c3ccccc23)cc(OC)c1C. The Hall–Kier alpha value is -3.28. The minimum absolute atomic E-state index is 0.260. The zero-order valence-electron chi connectivity index (χ0n) is 15.7. The van der Waals surface area contributed by atoms with Crippen molar-refractivity contribution in [1.29, 1.82) is 0 Å². The highest BCUT2D eigenvalue weighted by atomic mass is 16.5. The summed E-state index contributed by atoms with van der Waals surface area (Å²) in [6, 6.07) is 10.7. The third-order valence-corrected chi connectivity index (χ3v) is 4.49. The smallest absolute Gasteiger partial charge is 0.338 e. The number of carbonyl (C=O) groups is 2. The number of esters is 1. The number of hydrogen-bond donors (Lipinski definition) is 1. The Balaban J connectivity index is 1.79. The fourth-order valence-corrected chi connectivity index (χ4v) is 3.13. The molecule has 0 fully saturated rings. The number of nitrogens with one attached hydrogen (secondary N) is 1. The van der Waals surface area contributed by atoms with Crippen LogP contribution < -0.4 is 9.47 Å². The zero-order chi connectivity index (χ0) is 19.6. The molecular formula is C21H21NO5. The summed E-state index contributed by atoms with van der Waals surface area (Å²) in [4.78, 5) is 28.2. The average Bonchev–Trinajstić information content (AvgIpc) is 3.01. The van der Waals surface area contributed by atoms with Gasteiger partial charge in [0.2, 0.25) is 5.78 Å². The van der Waals surface area contributed by atoms with E-state index in [1.807, 2.05) is 38.1 Å². The van der Waals surface area contributed by atoms with E-state index < -0.39 is 5.97 Å². The Morgan fingerprint density at radius 2 is 1.63 bits per heavy atom. The lowest BCUT2D eigenvalue weighted by atomic mass is 10.1. The van der Waals surface area contributed by atoms with E-state index in [1.54, 1.807) is 12.1 Å². The van der Waals surface area contributed by atoms with Crippen LogP contribution in [0, 0.1) is 13.8 Å². The second kappa shape index (κ2) is 7.53. The summed E-state index contributed by atoms with van der Waals surface area (Å²) in [7, 11) is 3.03. The van der Waals surface area contributed by atoms with Gasteiger partial charge in [-0.25, -0.2) is 4.79 Å². The average molecular weight is 367 g/mol. The Morgan fingerprint density at radius 3 is 2.26 bits per heavy atom. The lowest BCUT2D eigenvalue weighted by Crippen LogP contribution is -2.15. The molecule has 0 unspecified atom stereocenters. The third-order valence-electron chi connectivity index (χ3n) is 4.49. The van der Waals surface area contributed by atoms with Gasteiger partial charge in [0.1, 0.15) is 11.5 Å². The summed E-state index contributed by atoms with van der Waals surface area (Å²) >= 11 is 0. The molecule has 3 rings (SSSR count). The second-order valence-corrected chi connectivity index (χ2v) is 6.18. The lowest BCUT2D eigenvalue weighted by molar-refractivity contribution is 0.0474. The van der Waals surface area contributed by atoms with Gasteiger partial charge in [-0.05, 0) is 32.0 Å². The lowest BCUT2D eigenvalue weighted by Gasteiger charge is -2.12. The highest BCUT2D eigenvalue weighted by molar-refractivity contribution is 6.10. The minimum atomic E-state index is -0.613. The molecule has 6 nitrogen and oxygen atoms in total. The topological polar surface area (TPSA) is 77.6 Å². The van der Waals surface area contributed by atoms with Crippen molar-refractivity contribution in [2.45, 2.75) is 13.8 Å². The molecule has 0 saturated heterocycles. The summed E-state index contributed by atoms with van der Waals surface area (Å²) < 4.78 is 15.8. The molecule has 27 heavy (non-hydrogen) atoms. The van der Waals surface area contributed by atoms with Crippen LogP contribution >= 0.6 is 0 Å². The van der Waals surface area contributed by atoms with Gasteiger partial charge in [-0.2, -0.15) is 0 Å². The van der Waals surface area contributed by atoms with Crippen LogP contribution in [0.25, 0.3) is 10.9 Å². The number of methoxy groups -OCH3 is 2. The van der Waals surface area contributed by atoms with E-state index in [0.29, 0.717) is 17.1 Å². The van der Waals surface area contributed by atoms with E-state index >= 15 is 0 Å². The summed E-state index contributed by atoms with van der Waals surface area (Å²) in [6.45, 7) is 3.31. The van der Waals surface area contributed by atoms with Crippen molar-refractivity contribution < 1.29 is 23.8 Å². The Bertz CT molecular complexity index is 994. The van der Waals surface area contributed by atoms with Crippen molar-refractivity contribution in [2.75, 3.05) is 20.8 Å². The maximum atomic E-state index is 12.6. The van der Waals surface area contributed by atoms with Crippen LogP contribution in [0.4, 0.5) is 0 Å². The number of para-hydroxylation sites is 1. The van der Waals surface area contributed by atoms with E-state index in [9.17, 15) is 9.59 Å². The van der Waals surface area contributed by atoms with Crippen molar-refractivity contribution in [2.24, 2.45) is 0 Å². The number of aryl methyl sites for hydroxylation is 1. The molecule has 0 spiro atoms. The quantitative estimate of drug-likeness (QED) is 0.529. The van der Waals surface area contributed by atoms with Crippen molar-refractivity contribution in [1.82, 2.24) is 4.98 Å². The maximum Gasteiger partial charge on any atom is 0.338 e. The number of fused-ring (bicyclic) bond motifs is 1. The van der Waals surface area contributed by atoms with E-state index in [0.717, 1.165) is 22.2 Å². The molecule has 0 amide bonds. The molecule has 0 aliphatic carbocycles. The van der Waals surface area contributed by atoms with Gasteiger partial charge in [-0.15, -0.1) is 0 Å². The number of rotatable bonds is 6. The largest absolute Gasteiger partial charge is 0.496 e. The van der Waals surface area contributed by atoms with Crippen LogP contribution in [-0.2, 0) is 4.74 Å². The molecule has 1 N–H and O–H groups in total. The molecule has 0 saturated carbocycles. The fourth-order valence-electron chi connectivity index (χ4n) is 3.13. The van der Waals surface area contributed by atoms with E-state index in [-0.39, 0.29) is 18.0 Å². The minimum Gasteiger partial charge on any atom is -0.496 e. The maximum absolute atomic E-state index is 12.6. The van der Waals surface area contributed by atoms with Gasteiger partial charge >= 0.3 is 5.97 Å². The molecule has 140 valence electrons. The van der Waals surface area contributed by atoms with Gasteiger partial charge in [-0.3, -0.25) is 4.79 Å². The number of H-pyrrole nitrogens is 1. The highest BCUT2D eigenvalue weighted by Crippen LogP contribution is 2.30. The van der Waals surface area contributed by atoms with Crippen molar-refractivity contribution in [3.8, 4) is 11.5 Å². The second-order valence-electron chi connectivity index (χ2n) is 6.18. The van der Waals surface area contributed by atoms with Crippen LogP contribution in [0.2, 0.25) is 0 Å². The number of ketones is 1. The molecule has 2 aromatic carbocycles. The molecule has 6 heteroatoms. The van der Waals surface area contributed by atoms with Crippen molar-refractivity contribution >= 4 is 22.7 Å². The number of ether oxygens (including phenoxy) is 3. The molecule has 3 aromatic rings. The van der Waals surface area contributed by atoms with Gasteiger partial charge in [0.15, 0.2) is 6.61 Å². The van der Waals surface area contributed by atoms with Crippen LogP contribution in [0.1, 0.15) is 32.0 Å². The van der Waals surface area contributed by atoms with Gasteiger partial charge in [0.05, 0.1) is 19.8 Å². The number of aromatic amines is 1. The monoisotopic (exact) mass is 367 g/mol. The first-order valence-corrected chi connectivity index (χ1v) is 8.46. The fraction of sp³-hybridized carbons (Fsp3) is 0.238. The summed E-state index contributed by atoms with van der Waals surface area (Å²) in [5.74, 6) is 0.155. The number of aromatic nitrogens is 1. The molecule has 0 aliphatic rings. The number of benzene rings is 2. The van der Waals surface area contributed by atoms with Crippen LogP contribution in [0.5, 0.6) is 11.5 Å². The zero-order valence-corrected chi connectivity index (χ0v) is 15.7. The summed E-state index contributed by atoms with van der Waals surface area (Å²) in [5, 5.41) is 0.815. The highest BCUT2D eigenvalue weighted by Gasteiger charge is 2.19. The van der Waals surface area contributed by atoms with Gasteiger partial charge < -0.3 is 19.2 Å². The number of hydrogen-bond acceptors (Lipinski definition) is 5. The molecular weight excluding hydrogens is 346 g/mol. The van der Waals surface area contributed by atoms with Gasteiger partial charge in [0, 0.05) is 27.7 Å². The standard InChI is InChI=1S/C21H21NO5/c1-12-18(25-3)9-14(10-19(12)26-4)21(24)27-11-17(23)20-13(2)22-16-8-6-5-7-15(16)20/h5-10,22H,11H2,1-4H3. The first-order chi connectivity index (χ1) is 13.0. The molecule has 1 aromatic heterocycles. The Kier molecular flexibility index (Phi) is 5.16. The predicted octanol–water partition coefficient (Wildman–Crippen LogP) is 3.84. The van der Waals surface area contributed by atoms with Crippen LogP contribution in [-0.4, -0.2) is 37.6 Å². The Morgan fingerprint density at radius 1 is 1.00 bits per heavy atom. The number of Topliss-reactive ketones (excluding diaryl/α,β-unsaturated/α-hetero) is 1. The van der Waals surface area contributed by atoms with E-state index in [4.69, 9.17) is 14.2 Å². The molecule has 0 bridgehead atoms. The molecule has 0 aliphatic heterocycles. The number of carbonyl (C=O) groups excluding carboxylic acids is 2. The van der Waals surface area contributed by atoms with Crippen LogP contribution in [0.15, 0.2) is 36.4 Å². The predicted molar refractivity (Wildman–Crippen MR) is 102 cm³/mol. The van der Waals surface area contributed by atoms with Crippen molar-refractivity contribution in [3.63, 3.8) is 0 Å². The van der Waals surface area contributed by atoms with Gasteiger partial charge in [-0.1, -0.05) is 18.2 Å². The summed E-state index contributed by atoms with van der Waals surface area (Å²) in [6.07, 6.45) is 0. The third kappa shape index (κ3) is 3.51. The van der Waals surface area contributed by atoms with E-state index in [2.05, 4.69) is 4.98 Å². The van der Waals surface area contributed by atoms with Crippen LogP contribution in [0.3, 0.4) is 0 Å². The normalized spacial score (nSPS) is 10.7. The van der Waals surface area contributed by atoms with Gasteiger partial charge in [0.25, 0.3) is 0 Å². The molecule has 1 heterocycles. The first kappa shape index (κ1) is 18.5. The summed E-state index contributed by atoms with van der Waals surface area (Å²) in [5.41, 5.74) is 3.20. The van der Waals surface area contributed by atoms with Crippen molar-refractivity contribution in [3.05, 3.63) is 58.8 Å². The molecule has 0 atom stereocenters. The first-order valence-electron chi connectivity index (χ1n) is 8.46. The Labute approximate surface area is 157 Å². The molecule has 0 radical (unpaired) electrons. The van der Waals surface area contributed by atoms with E-state index in [1.165, 1.54) is 14.2 Å².